The topological polar surface area (TPSA) is 73.3 Å². The maximum absolute atomic E-state index is 12.4. The molecule has 1 N–H and O–H groups in total. The molecule has 2 aliphatic carbocycles. The molecule has 6 nitrogen and oxygen atoms in total. The van der Waals surface area contributed by atoms with Gasteiger partial charge in [-0.25, -0.2) is 9.59 Å². The minimum Gasteiger partial charge on any atom is -0.465 e. The average Bonchev–Trinajstić information content (AvgIpc) is 4.14. The van der Waals surface area contributed by atoms with Crippen molar-refractivity contribution in [2.75, 3.05) is 14.2 Å². The Morgan fingerprint density at radius 2 is 1.20 bits per heavy atom. The summed E-state index contributed by atoms with van der Waals surface area (Å²) in [6.07, 6.45) is 10.4. The Morgan fingerprint density at radius 1 is 0.648 bits per heavy atom. The molecule has 0 radical (unpaired) electrons. The Labute approximate surface area is 329 Å². The molecular formula is C47H43IN2O4. The molecule has 0 amide bonds. The van der Waals surface area contributed by atoms with Crippen molar-refractivity contribution < 1.29 is 19.1 Å². The first-order valence-corrected chi connectivity index (χ1v) is 19.7. The number of esters is 2. The second-order valence-corrected chi connectivity index (χ2v) is 15.8. The predicted octanol–water partition coefficient (Wildman–Crippen LogP) is 11.0. The minimum atomic E-state index is -0.248. The number of methoxy groups -OCH3 is 2. The lowest BCUT2D eigenvalue weighted by molar-refractivity contribution is 0.0590. The molecule has 9 rings (SSSR count). The highest BCUT2D eigenvalue weighted by atomic mass is 127. The first-order valence-electron chi connectivity index (χ1n) is 18.7. The summed E-state index contributed by atoms with van der Waals surface area (Å²) in [6, 6.07) is 38.4. The van der Waals surface area contributed by atoms with Crippen LogP contribution >= 0.6 is 22.6 Å². The van der Waals surface area contributed by atoms with Gasteiger partial charge in [0.05, 0.1) is 25.3 Å². The van der Waals surface area contributed by atoms with Gasteiger partial charge in [-0.05, 0) is 183 Å². The van der Waals surface area contributed by atoms with Crippen LogP contribution in [0.4, 0.5) is 0 Å². The van der Waals surface area contributed by atoms with Crippen molar-refractivity contribution in [2.24, 2.45) is 0 Å². The van der Waals surface area contributed by atoms with Crippen LogP contribution in [0.25, 0.3) is 21.8 Å². The Bertz CT molecular complexity index is 2470. The summed E-state index contributed by atoms with van der Waals surface area (Å²) >= 11 is 2.33. The number of hydrogen-bond donors (Lipinski definition) is 1. The molecule has 7 aromatic rings. The van der Waals surface area contributed by atoms with Gasteiger partial charge in [0.15, 0.2) is 0 Å². The number of nitrogens with one attached hydrogen (secondary N) is 1. The number of H-pyrrole nitrogens is 1. The van der Waals surface area contributed by atoms with Crippen LogP contribution in [0.3, 0.4) is 0 Å². The highest BCUT2D eigenvalue weighted by molar-refractivity contribution is 14.1. The zero-order chi connectivity index (χ0) is 37.2. The lowest BCUT2D eigenvalue weighted by Crippen LogP contribution is -2.07. The molecule has 0 atom stereocenters. The third-order valence-corrected chi connectivity index (χ3v) is 11.4. The van der Waals surface area contributed by atoms with E-state index in [1.54, 1.807) is 0 Å². The number of aromatic nitrogens is 2. The number of nitrogens with zero attached hydrogens (tertiary/aromatic N) is 1. The van der Waals surface area contributed by atoms with Gasteiger partial charge >= 0.3 is 11.9 Å². The van der Waals surface area contributed by atoms with E-state index in [4.69, 9.17) is 9.47 Å². The van der Waals surface area contributed by atoms with E-state index in [0.717, 1.165) is 29.6 Å². The fourth-order valence-electron chi connectivity index (χ4n) is 7.37. The Kier molecular flexibility index (Phi) is 10.4. The molecule has 0 saturated heterocycles. The second-order valence-electron chi connectivity index (χ2n) is 14.6. The number of aromatic amines is 1. The summed E-state index contributed by atoms with van der Waals surface area (Å²) in [7, 11) is 2.90. The van der Waals surface area contributed by atoms with Gasteiger partial charge in [-0.2, -0.15) is 0 Å². The average molecular weight is 827 g/mol. The molecule has 2 aliphatic rings. The standard InChI is InChI=1S/C27H24INO2.C20H19NO2/c1-31-27(30)25-16-21(20-5-6-20)7-8-22(25)14-19-4-11-26-23(15-19)12-13-29(26)17-18-2-9-24(28)10-3-18;1-23-20(22)18-12-15(14-3-4-14)5-6-16(18)10-13-2-7-19-17(11-13)8-9-21-19/h2-4,7-13,15-16,20H,5-6,14,17H2,1H3;2,5-9,11-12,14,21H,3-4,10H2,1H3. The van der Waals surface area contributed by atoms with Crippen LogP contribution in [0.1, 0.15) is 97.2 Å². The van der Waals surface area contributed by atoms with Crippen molar-refractivity contribution in [1.29, 1.82) is 0 Å². The molecule has 0 unspecified atom stereocenters. The van der Waals surface area contributed by atoms with Gasteiger partial charge in [0.1, 0.15) is 0 Å². The van der Waals surface area contributed by atoms with E-state index in [2.05, 4.69) is 135 Å². The Morgan fingerprint density at radius 3 is 1.78 bits per heavy atom. The van der Waals surface area contributed by atoms with Crippen LogP contribution in [-0.2, 0) is 28.9 Å². The molecule has 0 aliphatic heterocycles. The van der Waals surface area contributed by atoms with Crippen LogP contribution in [0, 0.1) is 3.57 Å². The SMILES string of the molecule is COC(=O)c1cc(C2CC2)ccc1Cc1ccc2[nH]ccc2c1.COC(=O)c1cc(C2CC2)ccc1Cc1ccc2c(ccn2Cc2ccc(I)cc2)c1. The van der Waals surface area contributed by atoms with Crippen molar-refractivity contribution in [3.8, 4) is 0 Å². The highest BCUT2D eigenvalue weighted by Crippen LogP contribution is 2.41. The van der Waals surface area contributed by atoms with E-state index in [-0.39, 0.29) is 11.9 Å². The van der Waals surface area contributed by atoms with Crippen molar-refractivity contribution in [3.63, 3.8) is 0 Å². The van der Waals surface area contributed by atoms with Gasteiger partial charge in [0.25, 0.3) is 0 Å². The maximum Gasteiger partial charge on any atom is 0.338 e. The predicted molar refractivity (Wildman–Crippen MR) is 224 cm³/mol. The quantitative estimate of drug-likeness (QED) is 0.110. The van der Waals surface area contributed by atoms with E-state index >= 15 is 0 Å². The first-order chi connectivity index (χ1) is 26.3. The molecule has 0 bridgehead atoms. The van der Waals surface area contributed by atoms with Gasteiger partial charge in [-0.15, -0.1) is 0 Å². The lowest BCUT2D eigenvalue weighted by Gasteiger charge is -2.11. The van der Waals surface area contributed by atoms with Gasteiger partial charge in [0, 0.05) is 33.5 Å². The van der Waals surface area contributed by atoms with Crippen molar-refractivity contribution >= 4 is 56.3 Å². The van der Waals surface area contributed by atoms with E-state index in [1.165, 1.54) is 87.6 Å². The molecule has 0 spiro atoms. The third-order valence-electron chi connectivity index (χ3n) is 10.7. The molecule has 54 heavy (non-hydrogen) atoms. The van der Waals surface area contributed by atoms with E-state index < -0.39 is 0 Å². The number of halogens is 1. The fraction of sp³-hybridized carbons (Fsp3) is 0.234. The van der Waals surface area contributed by atoms with Gasteiger partial charge in [0.2, 0.25) is 0 Å². The fourth-order valence-corrected chi connectivity index (χ4v) is 7.73. The first kappa shape index (κ1) is 35.9. The van der Waals surface area contributed by atoms with Crippen molar-refractivity contribution in [3.05, 3.63) is 175 Å². The number of carbonyl (C=O) groups excluding carboxylic acids is 2. The summed E-state index contributed by atoms with van der Waals surface area (Å²) in [4.78, 5) is 27.8. The summed E-state index contributed by atoms with van der Waals surface area (Å²) < 4.78 is 13.6. The largest absolute Gasteiger partial charge is 0.465 e. The monoisotopic (exact) mass is 826 g/mol. The lowest BCUT2D eigenvalue weighted by atomic mass is 9.96. The normalized spacial score (nSPS) is 13.8. The number of hydrogen-bond acceptors (Lipinski definition) is 4. The van der Waals surface area contributed by atoms with Crippen LogP contribution in [0.2, 0.25) is 0 Å². The van der Waals surface area contributed by atoms with Crippen molar-refractivity contribution in [2.45, 2.75) is 56.9 Å². The molecule has 2 fully saturated rings. The highest BCUT2D eigenvalue weighted by Gasteiger charge is 2.26. The molecule has 2 saturated carbocycles. The van der Waals surface area contributed by atoms with Crippen LogP contribution in [0.15, 0.2) is 122 Å². The Balaban J connectivity index is 0.000000160. The molecule has 2 aromatic heterocycles. The second kappa shape index (κ2) is 15.7. The number of rotatable bonds is 10. The van der Waals surface area contributed by atoms with Crippen molar-refractivity contribution in [1.82, 2.24) is 9.55 Å². The van der Waals surface area contributed by atoms with Gasteiger partial charge in [-0.3, -0.25) is 0 Å². The molecule has 7 heteroatoms. The molecule has 5 aromatic carbocycles. The molecular weight excluding hydrogens is 783 g/mol. The van der Waals surface area contributed by atoms with Gasteiger partial charge < -0.3 is 19.0 Å². The van der Waals surface area contributed by atoms with Gasteiger partial charge in [-0.1, -0.05) is 48.5 Å². The third kappa shape index (κ3) is 8.16. The van der Waals surface area contributed by atoms with Crippen LogP contribution < -0.4 is 0 Å². The van der Waals surface area contributed by atoms with Crippen LogP contribution in [-0.4, -0.2) is 35.7 Å². The number of carbonyl (C=O) groups is 2. The summed E-state index contributed by atoms with van der Waals surface area (Å²) in [5.74, 6) is 0.748. The zero-order valence-corrected chi connectivity index (χ0v) is 32.8. The summed E-state index contributed by atoms with van der Waals surface area (Å²) in [5, 5.41) is 2.41. The van der Waals surface area contributed by atoms with E-state index in [9.17, 15) is 9.59 Å². The van der Waals surface area contributed by atoms with E-state index in [1.807, 2.05) is 18.3 Å². The number of benzene rings is 5. The van der Waals surface area contributed by atoms with E-state index in [0.29, 0.717) is 29.4 Å². The van der Waals surface area contributed by atoms with Crippen LogP contribution in [0.5, 0.6) is 0 Å². The zero-order valence-electron chi connectivity index (χ0n) is 30.6. The minimum absolute atomic E-state index is 0.245. The molecule has 2 heterocycles. The Hall–Kier alpha value is -5.15. The maximum atomic E-state index is 12.4. The molecule has 272 valence electrons. The summed E-state index contributed by atoms with van der Waals surface area (Å²) in [5.41, 5.74) is 12.0. The number of ether oxygens (including phenoxy) is 2. The number of fused-ring (bicyclic) bond motifs is 2. The summed E-state index contributed by atoms with van der Waals surface area (Å²) in [6.45, 7) is 0.856. The smallest absolute Gasteiger partial charge is 0.338 e.